The van der Waals surface area contributed by atoms with E-state index in [4.69, 9.17) is 14.2 Å². The number of benzene rings is 3. The summed E-state index contributed by atoms with van der Waals surface area (Å²) >= 11 is 1.14. The molecule has 3 aromatic carbocycles. The molecule has 0 spiro atoms. The topological polar surface area (TPSA) is 204 Å². The van der Waals surface area contributed by atoms with Crippen LogP contribution in [-0.2, 0) is 49.0 Å². The highest BCUT2D eigenvalue weighted by molar-refractivity contribution is 7.13. The third kappa shape index (κ3) is 19.6. The number of fused-ring (bicyclic) bond motifs is 2. The molecule has 6 rings (SSSR count). The first kappa shape index (κ1) is 67.8. The first-order valence-electron chi connectivity index (χ1n) is 29.5. The number of para-hydroxylation sites is 2. The molecule has 0 saturated carbocycles. The van der Waals surface area contributed by atoms with Gasteiger partial charge in [-0.25, -0.2) is 13.8 Å². The normalized spacial score (nSPS) is 15.5. The van der Waals surface area contributed by atoms with Gasteiger partial charge in [0.05, 0.1) is 45.6 Å². The summed E-state index contributed by atoms with van der Waals surface area (Å²) in [6.45, 7) is 16.1. The van der Waals surface area contributed by atoms with Crippen LogP contribution in [-0.4, -0.2) is 150 Å². The maximum Gasteiger partial charge on any atom is 0.257 e. The number of rotatable bonds is 34. The lowest BCUT2D eigenvalue weighted by molar-refractivity contribution is -0.136. The van der Waals surface area contributed by atoms with Gasteiger partial charge in [0.2, 0.25) is 29.5 Å². The molecule has 0 saturated heterocycles. The van der Waals surface area contributed by atoms with E-state index in [2.05, 4.69) is 150 Å². The molecule has 4 aromatic rings. The number of carbonyl (C=O) groups excluding carboxylic acids is 6. The molecule has 1 unspecified atom stereocenters. The van der Waals surface area contributed by atoms with Crippen LogP contribution in [0.4, 0.5) is 31.0 Å². The summed E-state index contributed by atoms with van der Waals surface area (Å²) in [6, 6.07) is 19.1. The largest absolute Gasteiger partial charge is 0.379 e. The molecule has 0 fully saturated rings. The molecule has 2 aliphatic rings. The van der Waals surface area contributed by atoms with Gasteiger partial charge in [0.25, 0.3) is 5.91 Å². The van der Waals surface area contributed by atoms with Crippen LogP contribution in [0.1, 0.15) is 114 Å². The average Bonchev–Trinajstić information content (AvgIpc) is 2.04. The minimum atomic E-state index is -1.14. The van der Waals surface area contributed by atoms with Crippen LogP contribution in [0.25, 0.3) is 0 Å². The molecule has 466 valence electrons. The number of anilines is 4. The summed E-state index contributed by atoms with van der Waals surface area (Å²) < 4.78 is 46.4. The predicted octanol–water partition coefficient (Wildman–Crippen LogP) is 9.55. The fourth-order valence-electron chi connectivity index (χ4n) is 10.7. The first-order chi connectivity index (χ1) is 41.0. The van der Waals surface area contributed by atoms with Crippen molar-refractivity contribution < 1.29 is 51.8 Å². The maximum atomic E-state index is 14.8. The molecule has 0 aliphatic carbocycles. The van der Waals surface area contributed by atoms with Crippen molar-refractivity contribution in [1.82, 2.24) is 25.4 Å². The zero-order valence-electron chi connectivity index (χ0n) is 51.4. The van der Waals surface area contributed by atoms with E-state index in [9.17, 15) is 37.5 Å². The Hall–Kier alpha value is -7.33. The Morgan fingerprint density at radius 3 is 1.88 bits per heavy atom. The molecule has 0 radical (unpaired) electrons. The molecule has 86 heavy (non-hydrogen) atoms. The molecule has 3 heterocycles. The Morgan fingerprint density at radius 1 is 0.698 bits per heavy atom. The average molecular weight is 1210 g/mol. The molecular weight excluding hydrogens is 1120 g/mol. The second-order valence-electron chi connectivity index (χ2n) is 23.6. The third-order valence-corrected chi connectivity index (χ3v) is 16.1. The van der Waals surface area contributed by atoms with Crippen molar-refractivity contribution in [2.24, 2.45) is 5.41 Å². The maximum absolute atomic E-state index is 14.8. The van der Waals surface area contributed by atoms with Crippen LogP contribution in [0.2, 0.25) is 0 Å². The number of hydrogen-bond acceptors (Lipinski definition) is 13. The summed E-state index contributed by atoms with van der Waals surface area (Å²) in [6.07, 6.45) is 16.1. The van der Waals surface area contributed by atoms with Crippen LogP contribution in [0, 0.1) is 17.0 Å². The highest BCUT2D eigenvalue weighted by atomic mass is 32.1. The minimum absolute atomic E-state index is 0.00300. The number of nitrogens with one attached hydrogen (secondary N) is 4. The number of nitrogens with zero attached hydrogens (tertiary/aromatic N) is 5. The molecule has 21 heteroatoms. The van der Waals surface area contributed by atoms with Gasteiger partial charge in [0.15, 0.2) is 16.8 Å². The number of carbonyl (C=O) groups is 6. The number of unbranched alkanes of at least 4 members (excludes halogenated alkanes) is 2. The van der Waals surface area contributed by atoms with Crippen molar-refractivity contribution >= 4 is 69.0 Å². The lowest BCUT2D eigenvalue weighted by Crippen LogP contribution is -2.40. The number of halogens is 2. The molecule has 0 bridgehead atoms. The van der Waals surface area contributed by atoms with E-state index in [0.717, 1.165) is 49.3 Å². The SMILES string of the molecule is CN(CC(=O)NCCCOCCOCCOCCCNC(=O)CN(C)C(=O)CC(C)(C)CC(=O)Nc1c(F)cc(C(=O)Nc2nccs2)cc1F)C(=O)CCCCCN1/C(=C/C=C/C=C/C2N(C)c3ccccc3C2(C)C)C(C)(C)c2ccccc21. The van der Waals surface area contributed by atoms with E-state index < -0.39 is 40.5 Å². The Labute approximate surface area is 509 Å². The number of aromatic nitrogens is 1. The first-order valence-corrected chi connectivity index (χ1v) is 30.4. The van der Waals surface area contributed by atoms with Crippen LogP contribution in [0.5, 0.6) is 0 Å². The van der Waals surface area contributed by atoms with Gasteiger partial charge in [0, 0.05) is 118 Å². The van der Waals surface area contributed by atoms with Gasteiger partial charge in [-0.05, 0) is 72.6 Å². The number of allylic oxidation sites excluding steroid dienone is 5. The second kappa shape index (κ2) is 32.4. The van der Waals surface area contributed by atoms with Crippen LogP contribution < -0.4 is 31.1 Å². The van der Waals surface area contributed by atoms with Gasteiger partial charge in [-0.15, -0.1) is 11.3 Å². The third-order valence-electron chi connectivity index (χ3n) is 15.4. The highest BCUT2D eigenvalue weighted by Crippen LogP contribution is 2.48. The van der Waals surface area contributed by atoms with E-state index >= 15 is 0 Å². The van der Waals surface area contributed by atoms with E-state index in [1.54, 1.807) is 26.3 Å². The Kier molecular flexibility index (Phi) is 25.6. The zero-order valence-corrected chi connectivity index (χ0v) is 52.2. The predicted molar refractivity (Wildman–Crippen MR) is 334 cm³/mol. The molecule has 18 nitrogen and oxygen atoms in total. The standard InChI is InChI=1S/C65H87F2N9O9S/c1-63(2,42-55(77)71-60-49(66)40-46(41-50(60)67)61(82)72-62-70-31-39-86-62)43-59(81)74(8)45-57(79)69-30-21-34-84-36-38-85-37-35-83-33-20-29-68-56(78)44-73(7)58(80)28-14-11-19-32-76-52-25-18-16-23-48(52)65(5,6)54(76)27-13-10-12-26-53-64(3,4)47-22-15-17-24-51(47)75(53)9/h10,12-13,15-18,22-27,31,39-41,53H,11,14,19-21,28-30,32-38,42-45H2,1-9H3,(H,68,78)(H,69,79)(H,71,77)(H,70,72,82)/b13-10+,26-12+,54-27+. The van der Waals surface area contributed by atoms with Crippen molar-refractivity contribution in [2.45, 2.75) is 110 Å². The molecule has 4 N–H and O–H groups in total. The molecule has 1 aromatic heterocycles. The molecule has 1 atom stereocenters. The minimum Gasteiger partial charge on any atom is -0.379 e. The van der Waals surface area contributed by atoms with Crippen LogP contribution in [0.3, 0.4) is 0 Å². The lowest BCUT2D eigenvalue weighted by atomic mass is 9.80. The van der Waals surface area contributed by atoms with Crippen molar-refractivity contribution in [3.8, 4) is 0 Å². The van der Waals surface area contributed by atoms with E-state index in [1.807, 2.05) is 0 Å². The van der Waals surface area contributed by atoms with Gasteiger partial charge in [-0.1, -0.05) is 109 Å². The molecule has 6 amide bonds. The fourth-order valence-corrected chi connectivity index (χ4v) is 11.3. The highest BCUT2D eigenvalue weighted by Gasteiger charge is 2.42. The van der Waals surface area contributed by atoms with Gasteiger partial charge in [0.1, 0.15) is 5.69 Å². The van der Waals surface area contributed by atoms with E-state index in [-0.39, 0.29) is 71.2 Å². The van der Waals surface area contributed by atoms with Crippen LogP contribution in [0.15, 0.2) is 108 Å². The second-order valence-corrected chi connectivity index (χ2v) is 24.5. The van der Waals surface area contributed by atoms with Crippen molar-refractivity contribution in [2.75, 3.05) is 114 Å². The number of amides is 6. The van der Waals surface area contributed by atoms with E-state index in [0.29, 0.717) is 72.0 Å². The monoisotopic (exact) mass is 1210 g/mol. The summed E-state index contributed by atoms with van der Waals surface area (Å²) in [5, 5.41) is 12.1. The quantitative estimate of drug-likeness (QED) is 0.0255. The number of hydrogen-bond donors (Lipinski definition) is 4. The number of thiazole rings is 1. The van der Waals surface area contributed by atoms with Gasteiger partial charge in [-0.2, -0.15) is 0 Å². The van der Waals surface area contributed by atoms with Crippen LogP contribution >= 0.6 is 11.3 Å². The van der Waals surface area contributed by atoms with Gasteiger partial charge >= 0.3 is 0 Å². The summed E-state index contributed by atoms with van der Waals surface area (Å²) in [4.78, 5) is 87.7. The molecular formula is C65H87F2N9O9S. The summed E-state index contributed by atoms with van der Waals surface area (Å²) in [5.74, 6) is -4.85. The van der Waals surface area contributed by atoms with Gasteiger partial charge < -0.3 is 49.8 Å². The number of ether oxygens (including phenoxy) is 3. The van der Waals surface area contributed by atoms with Gasteiger partial charge in [-0.3, -0.25) is 34.1 Å². The van der Waals surface area contributed by atoms with E-state index in [1.165, 1.54) is 51.2 Å². The van der Waals surface area contributed by atoms with Crippen molar-refractivity contribution in [3.05, 3.63) is 137 Å². The Balaban J connectivity index is 0.739. The Bertz CT molecular complexity index is 3020. The van der Waals surface area contributed by atoms with Crippen molar-refractivity contribution in [3.63, 3.8) is 0 Å². The van der Waals surface area contributed by atoms with Crippen molar-refractivity contribution in [1.29, 1.82) is 0 Å². The smallest absolute Gasteiger partial charge is 0.257 e. The molecule has 2 aliphatic heterocycles. The summed E-state index contributed by atoms with van der Waals surface area (Å²) in [7, 11) is 5.30. The fraction of sp³-hybridized carbons (Fsp3) is 0.492. The summed E-state index contributed by atoms with van der Waals surface area (Å²) in [5.41, 5.74) is 4.33. The Morgan fingerprint density at radius 2 is 1.28 bits per heavy atom. The number of likely N-dealkylation sites (N-methyl/N-ethyl adjacent to an activating group) is 3. The zero-order chi connectivity index (χ0) is 62.4. The lowest BCUT2D eigenvalue weighted by Gasteiger charge is -2.29.